The molecule has 0 saturated carbocycles. The van der Waals surface area contributed by atoms with Crippen molar-refractivity contribution in [3.05, 3.63) is 42.5 Å². The Morgan fingerprint density at radius 2 is 2.13 bits per heavy atom. The lowest BCUT2D eigenvalue weighted by molar-refractivity contribution is -0.116. The first-order chi connectivity index (χ1) is 11.3. The molecule has 3 rings (SSSR count). The maximum absolute atomic E-state index is 12.2. The number of benzene rings is 1. The molecule has 1 aromatic carbocycles. The van der Waals surface area contributed by atoms with Crippen molar-refractivity contribution in [3.63, 3.8) is 0 Å². The highest BCUT2D eigenvalue weighted by Crippen LogP contribution is 2.20. The van der Waals surface area contributed by atoms with Gasteiger partial charge in [0.2, 0.25) is 5.91 Å². The minimum atomic E-state index is 0.0922. The first-order valence-electron chi connectivity index (χ1n) is 8.22. The number of nitrogens with zero attached hydrogens (tertiary/aromatic N) is 3. The highest BCUT2D eigenvalue weighted by Gasteiger charge is 2.15. The van der Waals surface area contributed by atoms with E-state index in [0.717, 1.165) is 30.8 Å². The van der Waals surface area contributed by atoms with Gasteiger partial charge in [-0.2, -0.15) is 5.10 Å². The van der Waals surface area contributed by atoms with Crippen LogP contribution in [0, 0.1) is 5.92 Å². The van der Waals surface area contributed by atoms with Crippen LogP contribution < -0.4 is 10.6 Å². The minimum Gasteiger partial charge on any atom is -0.326 e. The smallest absolute Gasteiger partial charge is 0.224 e. The molecule has 0 aliphatic carbocycles. The van der Waals surface area contributed by atoms with Gasteiger partial charge in [-0.05, 0) is 49.9 Å². The predicted octanol–water partition coefficient (Wildman–Crippen LogP) is 2.04. The lowest BCUT2D eigenvalue weighted by Crippen LogP contribution is -2.28. The summed E-state index contributed by atoms with van der Waals surface area (Å²) in [5, 5.41) is 10.5. The summed E-state index contributed by atoms with van der Waals surface area (Å²) in [6.07, 6.45) is 7.10. The molecule has 1 saturated heterocycles. The molecule has 1 aromatic heterocycles. The predicted molar refractivity (Wildman–Crippen MR) is 89.0 cm³/mol. The van der Waals surface area contributed by atoms with E-state index in [2.05, 4.69) is 20.7 Å². The van der Waals surface area contributed by atoms with Crippen molar-refractivity contribution < 1.29 is 4.79 Å². The fraction of sp³-hybridized carbons (Fsp3) is 0.471. The summed E-state index contributed by atoms with van der Waals surface area (Å²) in [5.74, 6) is 0.766. The molecular weight excluding hydrogens is 290 g/mol. The summed E-state index contributed by atoms with van der Waals surface area (Å²) in [6, 6.07) is 7.85. The Kier molecular flexibility index (Phi) is 5.37. The van der Waals surface area contributed by atoms with Crippen LogP contribution in [0.25, 0.3) is 0 Å². The number of piperidine rings is 1. The number of amides is 1. The van der Waals surface area contributed by atoms with E-state index < -0.39 is 0 Å². The molecule has 6 heteroatoms. The van der Waals surface area contributed by atoms with E-state index in [1.54, 1.807) is 11.0 Å². The second-order valence-electron chi connectivity index (χ2n) is 6.03. The van der Waals surface area contributed by atoms with Gasteiger partial charge in [0.1, 0.15) is 12.7 Å². The van der Waals surface area contributed by atoms with E-state index in [1.165, 1.54) is 19.2 Å². The summed E-state index contributed by atoms with van der Waals surface area (Å²) in [7, 11) is 0. The number of aromatic nitrogens is 3. The van der Waals surface area contributed by atoms with Crippen molar-refractivity contribution in [3.8, 4) is 0 Å². The Morgan fingerprint density at radius 1 is 1.30 bits per heavy atom. The Morgan fingerprint density at radius 3 is 2.91 bits per heavy atom. The van der Waals surface area contributed by atoms with Crippen molar-refractivity contribution in [2.24, 2.45) is 5.92 Å². The summed E-state index contributed by atoms with van der Waals surface area (Å²) < 4.78 is 1.75. The van der Waals surface area contributed by atoms with Crippen molar-refractivity contribution >= 4 is 11.6 Å². The van der Waals surface area contributed by atoms with Crippen LogP contribution >= 0.6 is 0 Å². The third kappa shape index (κ3) is 4.63. The van der Waals surface area contributed by atoms with Crippen molar-refractivity contribution in [1.29, 1.82) is 0 Å². The van der Waals surface area contributed by atoms with E-state index >= 15 is 0 Å². The van der Waals surface area contributed by atoms with Crippen molar-refractivity contribution in [2.75, 3.05) is 18.4 Å². The van der Waals surface area contributed by atoms with Gasteiger partial charge in [-0.25, -0.2) is 9.67 Å². The average molecular weight is 313 g/mol. The molecule has 2 N–H and O–H groups in total. The molecule has 2 heterocycles. The second kappa shape index (κ2) is 7.87. The summed E-state index contributed by atoms with van der Waals surface area (Å²) in [4.78, 5) is 16.2. The van der Waals surface area contributed by atoms with Crippen molar-refractivity contribution in [2.45, 2.75) is 32.2 Å². The van der Waals surface area contributed by atoms with Crippen LogP contribution in [0.1, 0.15) is 31.2 Å². The molecular formula is C17H23N5O. The minimum absolute atomic E-state index is 0.0922. The maximum Gasteiger partial charge on any atom is 0.224 e. The molecule has 23 heavy (non-hydrogen) atoms. The average Bonchev–Trinajstić information content (AvgIpc) is 3.09. The Balaban J connectivity index is 1.55. The van der Waals surface area contributed by atoms with E-state index in [0.29, 0.717) is 18.9 Å². The number of rotatable bonds is 6. The summed E-state index contributed by atoms with van der Waals surface area (Å²) in [5.41, 5.74) is 1.89. The van der Waals surface area contributed by atoms with Gasteiger partial charge in [-0.1, -0.05) is 18.2 Å². The molecule has 0 atom stereocenters. The topological polar surface area (TPSA) is 71.8 Å². The quantitative estimate of drug-likeness (QED) is 0.856. The highest BCUT2D eigenvalue weighted by molar-refractivity contribution is 5.91. The molecule has 0 bridgehead atoms. The van der Waals surface area contributed by atoms with Gasteiger partial charge in [0.05, 0.1) is 6.54 Å². The van der Waals surface area contributed by atoms with E-state index in [1.807, 2.05) is 24.3 Å². The Hall–Kier alpha value is -2.21. The van der Waals surface area contributed by atoms with Crippen LogP contribution in [0.2, 0.25) is 0 Å². The van der Waals surface area contributed by atoms with Gasteiger partial charge in [0.25, 0.3) is 0 Å². The van der Waals surface area contributed by atoms with Gasteiger partial charge in [-0.15, -0.1) is 0 Å². The zero-order chi connectivity index (χ0) is 15.9. The molecule has 1 amide bonds. The first kappa shape index (κ1) is 15.7. The molecule has 0 unspecified atom stereocenters. The van der Waals surface area contributed by atoms with E-state index in [4.69, 9.17) is 0 Å². The van der Waals surface area contributed by atoms with E-state index in [-0.39, 0.29) is 5.91 Å². The van der Waals surface area contributed by atoms with E-state index in [9.17, 15) is 4.79 Å². The van der Waals surface area contributed by atoms with Gasteiger partial charge >= 0.3 is 0 Å². The standard InChI is InChI=1S/C17H23N5O/c23-17(6-5-14-7-9-18-10-8-14)21-16-4-2-1-3-15(16)11-22-13-19-12-20-22/h1-4,12-14,18H,5-11H2,(H,21,23). The van der Waals surface area contributed by atoms with Crippen molar-refractivity contribution in [1.82, 2.24) is 20.1 Å². The fourth-order valence-corrected chi connectivity index (χ4v) is 2.99. The number of carbonyl (C=O) groups excluding carboxylic acids is 1. The molecule has 1 fully saturated rings. The maximum atomic E-state index is 12.2. The number of hydrogen-bond donors (Lipinski definition) is 2. The third-order valence-electron chi connectivity index (χ3n) is 4.33. The van der Waals surface area contributed by atoms with Crippen LogP contribution in [0.4, 0.5) is 5.69 Å². The van der Waals surface area contributed by atoms with Gasteiger partial charge in [0, 0.05) is 12.1 Å². The number of anilines is 1. The molecule has 6 nitrogen and oxygen atoms in total. The molecule has 2 aromatic rings. The number of hydrogen-bond acceptors (Lipinski definition) is 4. The normalized spacial score (nSPS) is 15.5. The Labute approximate surface area is 136 Å². The van der Waals surface area contributed by atoms with Crippen LogP contribution in [-0.4, -0.2) is 33.8 Å². The van der Waals surface area contributed by atoms with Gasteiger partial charge in [-0.3, -0.25) is 4.79 Å². The lowest BCUT2D eigenvalue weighted by atomic mass is 9.93. The molecule has 1 aliphatic rings. The Bertz CT molecular complexity index is 620. The van der Waals surface area contributed by atoms with Crippen LogP contribution in [-0.2, 0) is 11.3 Å². The highest BCUT2D eigenvalue weighted by atomic mass is 16.1. The molecule has 0 spiro atoms. The third-order valence-corrected chi connectivity index (χ3v) is 4.33. The monoisotopic (exact) mass is 313 g/mol. The number of para-hydroxylation sites is 1. The second-order valence-corrected chi connectivity index (χ2v) is 6.03. The zero-order valence-electron chi connectivity index (χ0n) is 13.2. The SMILES string of the molecule is O=C(CCC1CCNCC1)Nc1ccccc1Cn1cncn1. The number of carbonyl (C=O) groups is 1. The fourth-order valence-electron chi connectivity index (χ4n) is 2.99. The zero-order valence-corrected chi connectivity index (χ0v) is 13.2. The first-order valence-corrected chi connectivity index (χ1v) is 8.22. The molecule has 122 valence electrons. The van der Waals surface area contributed by atoms with Gasteiger partial charge in [0.15, 0.2) is 0 Å². The summed E-state index contributed by atoms with van der Waals surface area (Å²) >= 11 is 0. The molecule has 1 aliphatic heterocycles. The molecule has 0 radical (unpaired) electrons. The number of nitrogens with one attached hydrogen (secondary N) is 2. The van der Waals surface area contributed by atoms with Crippen LogP contribution in [0.15, 0.2) is 36.9 Å². The van der Waals surface area contributed by atoms with Crippen LogP contribution in [0.3, 0.4) is 0 Å². The summed E-state index contributed by atoms with van der Waals surface area (Å²) in [6.45, 7) is 2.75. The lowest BCUT2D eigenvalue weighted by Gasteiger charge is -2.22. The largest absolute Gasteiger partial charge is 0.326 e. The van der Waals surface area contributed by atoms with Crippen LogP contribution in [0.5, 0.6) is 0 Å². The van der Waals surface area contributed by atoms with Gasteiger partial charge < -0.3 is 10.6 Å².